The number of hydrogen-bond donors (Lipinski definition) is 2. The molecule has 4 rings (SSSR count). The summed E-state index contributed by atoms with van der Waals surface area (Å²) >= 11 is 36.1. The minimum atomic E-state index is 0.316. The van der Waals surface area contributed by atoms with Crippen molar-refractivity contribution in [2.45, 2.75) is 13.1 Å². The molecule has 2 aromatic heterocycles. The van der Waals surface area contributed by atoms with Crippen LogP contribution in [0.1, 0.15) is 11.1 Å². The number of hydrogen-bond acceptors (Lipinski definition) is 3. The lowest BCUT2D eigenvalue weighted by Gasteiger charge is -2.07. The van der Waals surface area contributed by atoms with Crippen molar-refractivity contribution in [3.8, 4) is 0 Å². The molecule has 0 saturated heterocycles. The number of aromatic nitrogens is 4. The fraction of sp³-hybridized carbons (Fsp3) is 0.0952. The van der Waals surface area contributed by atoms with Crippen molar-refractivity contribution in [3.05, 3.63) is 91.2 Å². The molecule has 0 unspecified atom stereocenters. The van der Waals surface area contributed by atoms with Gasteiger partial charge in [-0.1, -0.05) is 70.1 Å². The molecule has 0 spiro atoms. The van der Waals surface area contributed by atoms with Gasteiger partial charge in [-0.2, -0.15) is 10.2 Å². The summed E-state index contributed by atoms with van der Waals surface area (Å²) < 4.78 is 3.40. The van der Waals surface area contributed by atoms with E-state index in [4.69, 9.17) is 70.2 Å². The third kappa shape index (κ3) is 6.32. The van der Waals surface area contributed by atoms with Crippen LogP contribution < -0.4 is 10.6 Å². The van der Waals surface area contributed by atoms with Gasteiger partial charge >= 0.3 is 0 Å². The molecule has 2 N–H and O–H groups in total. The first kappa shape index (κ1) is 24.1. The predicted octanol–water partition coefficient (Wildman–Crippen LogP) is 7.25. The van der Waals surface area contributed by atoms with Crippen molar-refractivity contribution >= 4 is 86.8 Å². The molecule has 0 atom stereocenters. The van der Waals surface area contributed by atoms with Gasteiger partial charge in [0.25, 0.3) is 0 Å². The van der Waals surface area contributed by atoms with E-state index >= 15 is 0 Å². The second-order valence-electron chi connectivity index (χ2n) is 7.00. The number of thiocarbonyl (C=S) groups is 1. The van der Waals surface area contributed by atoms with Crippen molar-refractivity contribution < 1.29 is 0 Å². The Labute approximate surface area is 220 Å². The summed E-state index contributed by atoms with van der Waals surface area (Å²) in [6.45, 7) is 0.916. The average molecular weight is 561 g/mol. The molecule has 4 aromatic rings. The molecule has 0 aliphatic carbocycles. The minimum Gasteiger partial charge on any atom is -0.330 e. The van der Waals surface area contributed by atoms with Crippen LogP contribution in [0, 0.1) is 0 Å². The summed E-state index contributed by atoms with van der Waals surface area (Å²) in [7, 11) is 0. The molecule has 12 heteroatoms. The maximum atomic E-state index is 6.32. The van der Waals surface area contributed by atoms with Crippen LogP contribution >= 0.6 is 70.2 Å². The number of nitrogens with zero attached hydrogens (tertiary/aromatic N) is 4. The van der Waals surface area contributed by atoms with Crippen LogP contribution in [-0.2, 0) is 13.1 Å². The fourth-order valence-corrected chi connectivity index (χ4v) is 4.34. The maximum absolute atomic E-state index is 6.32. The Balaban J connectivity index is 1.37. The van der Waals surface area contributed by atoms with Crippen molar-refractivity contribution in [3.63, 3.8) is 0 Å². The predicted molar refractivity (Wildman–Crippen MR) is 140 cm³/mol. The van der Waals surface area contributed by atoms with Gasteiger partial charge in [0.1, 0.15) is 5.02 Å². The van der Waals surface area contributed by atoms with Crippen LogP contribution in [0.3, 0.4) is 0 Å². The van der Waals surface area contributed by atoms with Crippen LogP contribution in [0.2, 0.25) is 25.1 Å². The summed E-state index contributed by atoms with van der Waals surface area (Å²) in [4.78, 5) is 0. The van der Waals surface area contributed by atoms with E-state index in [1.807, 2.05) is 18.3 Å². The van der Waals surface area contributed by atoms with E-state index in [1.165, 1.54) is 0 Å². The summed E-state index contributed by atoms with van der Waals surface area (Å²) in [5, 5.41) is 17.8. The van der Waals surface area contributed by atoms with Gasteiger partial charge in [0.15, 0.2) is 10.9 Å². The lowest BCUT2D eigenvalue weighted by Crippen LogP contribution is -2.19. The third-order valence-corrected chi connectivity index (χ3v) is 6.19. The second kappa shape index (κ2) is 10.5. The molecule has 33 heavy (non-hydrogen) atoms. The molecule has 2 heterocycles. The fourth-order valence-electron chi connectivity index (χ4n) is 3.00. The summed E-state index contributed by atoms with van der Waals surface area (Å²) in [6, 6.07) is 10.6. The Morgan fingerprint density at radius 3 is 2.00 bits per heavy atom. The standard InChI is InChI=1S/C21H15Cl5N6S/c22-14-3-1-12(17(24)5-14)8-31-10-16(7-27-31)28-21(33)29-20-19(26)11-32(30-20)9-13-2-4-15(23)6-18(13)25/h1-7,10-11H,8-9H2,(H2,28,29,30,33). The van der Waals surface area contributed by atoms with Crippen molar-refractivity contribution in [2.75, 3.05) is 10.6 Å². The molecule has 170 valence electrons. The first-order valence-corrected chi connectivity index (χ1v) is 11.8. The zero-order valence-electron chi connectivity index (χ0n) is 16.7. The van der Waals surface area contributed by atoms with E-state index < -0.39 is 0 Å². The van der Waals surface area contributed by atoms with Crippen LogP contribution in [0.4, 0.5) is 11.5 Å². The van der Waals surface area contributed by atoms with Gasteiger partial charge in [0, 0.05) is 32.5 Å². The molecule has 0 amide bonds. The number of rotatable bonds is 6. The van der Waals surface area contributed by atoms with Crippen LogP contribution in [0.15, 0.2) is 55.0 Å². The van der Waals surface area contributed by atoms with Crippen LogP contribution in [0.25, 0.3) is 0 Å². The van der Waals surface area contributed by atoms with Gasteiger partial charge in [-0.3, -0.25) is 9.36 Å². The van der Waals surface area contributed by atoms with Crippen molar-refractivity contribution in [1.29, 1.82) is 0 Å². The Morgan fingerprint density at radius 1 is 0.788 bits per heavy atom. The lowest BCUT2D eigenvalue weighted by atomic mass is 10.2. The topological polar surface area (TPSA) is 59.7 Å². The normalized spacial score (nSPS) is 10.9. The Kier molecular flexibility index (Phi) is 7.69. The van der Waals surface area contributed by atoms with E-state index in [1.54, 1.807) is 46.0 Å². The van der Waals surface area contributed by atoms with E-state index in [-0.39, 0.29) is 0 Å². The summed E-state index contributed by atoms with van der Waals surface area (Å²) in [6.07, 6.45) is 5.15. The second-order valence-corrected chi connectivity index (χ2v) is 9.50. The van der Waals surface area contributed by atoms with Crippen LogP contribution in [0.5, 0.6) is 0 Å². The number of nitrogens with one attached hydrogen (secondary N) is 2. The van der Waals surface area contributed by atoms with Gasteiger partial charge in [-0.25, -0.2) is 0 Å². The molecule has 0 aliphatic rings. The van der Waals surface area contributed by atoms with Gasteiger partial charge in [-0.05, 0) is 47.6 Å². The molecular formula is C21H15Cl5N6S. The maximum Gasteiger partial charge on any atom is 0.176 e. The quantitative estimate of drug-likeness (QED) is 0.243. The van der Waals surface area contributed by atoms with E-state index in [0.717, 1.165) is 11.1 Å². The van der Waals surface area contributed by atoms with Crippen molar-refractivity contribution in [1.82, 2.24) is 19.6 Å². The highest BCUT2D eigenvalue weighted by Gasteiger charge is 2.12. The monoisotopic (exact) mass is 558 g/mol. The van der Waals surface area contributed by atoms with Crippen molar-refractivity contribution in [2.24, 2.45) is 0 Å². The molecule has 0 aliphatic heterocycles. The lowest BCUT2D eigenvalue weighted by molar-refractivity contribution is 0.687. The zero-order valence-corrected chi connectivity index (χ0v) is 21.3. The zero-order chi connectivity index (χ0) is 23.5. The highest BCUT2D eigenvalue weighted by molar-refractivity contribution is 7.80. The summed E-state index contributed by atoms with van der Waals surface area (Å²) in [5.41, 5.74) is 2.45. The third-order valence-electron chi connectivity index (χ3n) is 4.53. The molecule has 0 fully saturated rings. The number of halogens is 5. The first-order valence-electron chi connectivity index (χ1n) is 9.48. The van der Waals surface area contributed by atoms with E-state index in [0.29, 0.717) is 54.8 Å². The van der Waals surface area contributed by atoms with E-state index in [9.17, 15) is 0 Å². The largest absolute Gasteiger partial charge is 0.330 e. The number of benzene rings is 2. The van der Waals surface area contributed by atoms with Gasteiger partial charge < -0.3 is 10.6 Å². The molecule has 0 radical (unpaired) electrons. The van der Waals surface area contributed by atoms with Crippen LogP contribution in [-0.4, -0.2) is 24.7 Å². The molecular weight excluding hydrogens is 546 g/mol. The first-order chi connectivity index (χ1) is 15.8. The molecule has 6 nitrogen and oxygen atoms in total. The van der Waals surface area contributed by atoms with Gasteiger partial charge in [0.2, 0.25) is 0 Å². The Hall–Kier alpha value is -2.00. The summed E-state index contributed by atoms with van der Waals surface area (Å²) in [5.74, 6) is 0.416. The van der Waals surface area contributed by atoms with E-state index in [2.05, 4.69) is 20.8 Å². The highest BCUT2D eigenvalue weighted by atomic mass is 35.5. The minimum absolute atomic E-state index is 0.316. The Morgan fingerprint density at radius 2 is 1.39 bits per heavy atom. The molecule has 0 saturated carbocycles. The highest BCUT2D eigenvalue weighted by Crippen LogP contribution is 2.25. The Bertz CT molecular complexity index is 1320. The SMILES string of the molecule is S=C(Nc1cnn(Cc2ccc(Cl)cc2Cl)c1)Nc1nn(Cc2ccc(Cl)cc2Cl)cc1Cl. The van der Waals surface area contributed by atoms with Gasteiger partial charge in [0.05, 0.1) is 25.0 Å². The number of anilines is 2. The average Bonchev–Trinajstić information content (AvgIpc) is 3.32. The molecule has 0 bridgehead atoms. The molecule has 2 aromatic carbocycles. The smallest absolute Gasteiger partial charge is 0.176 e. The van der Waals surface area contributed by atoms with Gasteiger partial charge in [-0.15, -0.1) is 0 Å².